The van der Waals surface area contributed by atoms with Gasteiger partial charge in [0.2, 0.25) is 0 Å². The lowest BCUT2D eigenvalue weighted by molar-refractivity contribution is 0.0767. The normalized spacial score (nSPS) is 45.9. The summed E-state index contributed by atoms with van der Waals surface area (Å²) in [5.74, 6) is 7.71. The first-order valence-corrected chi connectivity index (χ1v) is 9.38. The average molecular weight is 279 g/mol. The van der Waals surface area contributed by atoms with Crippen molar-refractivity contribution in [3.8, 4) is 0 Å². The van der Waals surface area contributed by atoms with E-state index in [1.165, 1.54) is 38.5 Å². The zero-order valence-electron chi connectivity index (χ0n) is 14.9. The van der Waals surface area contributed by atoms with E-state index in [2.05, 4.69) is 41.5 Å². The Hall–Kier alpha value is 0. The third-order valence-corrected chi connectivity index (χ3v) is 7.17. The van der Waals surface area contributed by atoms with E-state index in [4.69, 9.17) is 0 Å². The quantitative estimate of drug-likeness (QED) is 0.560. The fourth-order valence-electron chi connectivity index (χ4n) is 5.36. The molecule has 2 aliphatic carbocycles. The molecule has 118 valence electrons. The molecule has 0 spiro atoms. The molecule has 2 fully saturated rings. The molecule has 0 N–H and O–H groups in total. The van der Waals surface area contributed by atoms with Crippen LogP contribution in [0.2, 0.25) is 0 Å². The van der Waals surface area contributed by atoms with Gasteiger partial charge in [0.25, 0.3) is 0 Å². The van der Waals surface area contributed by atoms with Gasteiger partial charge in [-0.3, -0.25) is 0 Å². The van der Waals surface area contributed by atoms with E-state index >= 15 is 0 Å². The van der Waals surface area contributed by atoms with Crippen LogP contribution >= 0.6 is 0 Å². The molecular formula is C20H38. The molecule has 7 unspecified atom stereocenters. The monoisotopic (exact) mass is 278 g/mol. The minimum Gasteiger partial charge on any atom is -0.0625 e. The summed E-state index contributed by atoms with van der Waals surface area (Å²) in [6, 6.07) is 0. The third kappa shape index (κ3) is 3.80. The molecule has 20 heavy (non-hydrogen) atoms. The van der Waals surface area contributed by atoms with Crippen molar-refractivity contribution in [2.24, 2.45) is 47.3 Å². The second-order valence-corrected chi connectivity index (χ2v) is 8.92. The van der Waals surface area contributed by atoms with Gasteiger partial charge in [-0.25, -0.2) is 0 Å². The van der Waals surface area contributed by atoms with Gasteiger partial charge in [-0.15, -0.1) is 0 Å². The van der Waals surface area contributed by atoms with Crippen LogP contribution in [0.25, 0.3) is 0 Å². The van der Waals surface area contributed by atoms with Crippen LogP contribution in [0.4, 0.5) is 0 Å². The molecule has 0 aliphatic heterocycles. The smallest absolute Gasteiger partial charge is 0.0381 e. The minimum atomic E-state index is 0.936. The van der Waals surface area contributed by atoms with Crippen molar-refractivity contribution in [1.29, 1.82) is 0 Å². The van der Waals surface area contributed by atoms with Crippen LogP contribution in [0.5, 0.6) is 0 Å². The number of hydrogen-bond donors (Lipinski definition) is 0. The lowest BCUT2D eigenvalue weighted by Crippen LogP contribution is -2.33. The second kappa shape index (κ2) is 6.84. The topological polar surface area (TPSA) is 0 Å². The molecule has 2 rings (SSSR count). The molecule has 7 atom stereocenters. The average Bonchev–Trinajstić information content (AvgIpc) is 2.39. The molecule has 0 nitrogen and oxygen atoms in total. The van der Waals surface area contributed by atoms with Crippen LogP contribution in [-0.4, -0.2) is 0 Å². The van der Waals surface area contributed by atoms with Crippen molar-refractivity contribution in [2.45, 2.75) is 80.1 Å². The van der Waals surface area contributed by atoms with Crippen LogP contribution in [0.1, 0.15) is 80.1 Å². The Morgan fingerprint density at radius 1 is 0.600 bits per heavy atom. The molecule has 0 radical (unpaired) electrons. The van der Waals surface area contributed by atoms with Gasteiger partial charge in [-0.2, -0.15) is 0 Å². The van der Waals surface area contributed by atoms with E-state index < -0.39 is 0 Å². The van der Waals surface area contributed by atoms with E-state index in [1.807, 2.05) is 0 Å². The standard InChI is InChI=1S/C20H38/c1-13-9-14(2)11-20(10-13)18(6)17(5)19-8-7-15(3)16(4)12-19/h13-20H,7-12H2,1-6H3. The molecule has 0 heterocycles. The summed E-state index contributed by atoms with van der Waals surface area (Å²) < 4.78 is 0. The number of rotatable bonds is 3. The lowest BCUT2D eigenvalue weighted by atomic mass is 9.63. The first-order chi connectivity index (χ1) is 9.38. The van der Waals surface area contributed by atoms with Crippen LogP contribution in [0.15, 0.2) is 0 Å². The van der Waals surface area contributed by atoms with Gasteiger partial charge in [-0.1, -0.05) is 48.0 Å². The van der Waals surface area contributed by atoms with Gasteiger partial charge in [-0.05, 0) is 79.4 Å². The molecule has 0 amide bonds. The van der Waals surface area contributed by atoms with Gasteiger partial charge in [0, 0.05) is 0 Å². The fraction of sp³-hybridized carbons (Fsp3) is 1.00. The SMILES string of the molecule is CC1CC(C)CC(C(C)C(C)C2CCC(C)C(C)C2)C1. The van der Waals surface area contributed by atoms with Gasteiger partial charge < -0.3 is 0 Å². The molecule has 2 saturated carbocycles. The van der Waals surface area contributed by atoms with Crippen molar-refractivity contribution in [2.75, 3.05) is 0 Å². The molecule has 0 aromatic carbocycles. The fourth-order valence-corrected chi connectivity index (χ4v) is 5.36. The zero-order valence-corrected chi connectivity index (χ0v) is 14.9. The van der Waals surface area contributed by atoms with E-state index in [0.29, 0.717) is 0 Å². The van der Waals surface area contributed by atoms with Crippen LogP contribution < -0.4 is 0 Å². The molecule has 0 aromatic rings. The molecule has 0 bridgehead atoms. The molecule has 0 heteroatoms. The Kier molecular flexibility index (Phi) is 5.60. The first-order valence-electron chi connectivity index (χ1n) is 9.38. The summed E-state index contributed by atoms with van der Waals surface area (Å²) in [5, 5.41) is 0. The summed E-state index contributed by atoms with van der Waals surface area (Å²) >= 11 is 0. The highest BCUT2D eigenvalue weighted by molar-refractivity contribution is 4.85. The largest absolute Gasteiger partial charge is 0.0625 e. The highest BCUT2D eigenvalue weighted by atomic mass is 14.4. The highest BCUT2D eigenvalue weighted by Crippen LogP contribution is 2.45. The summed E-state index contributed by atoms with van der Waals surface area (Å²) in [6.45, 7) is 15.0. The van der Waals surface area contributed by atoms with Crippen molar-refractivity contribution in [3.05, 3.63) is 0 Å². The zero-order chi connectivity index (χ0) is 14.9. The molecule has 2 aliphatic rings. The van der Waals surface area contributed by atoms with Crippen molar-refractivity contribution in [1.82, 2.24) is 0 Å². The number of hydrogen-bond acceptors (Lipinski definition) is 0. The molecule has 0 saturated heterocycles. The van der Waals surface area contributed by atoms with Crippen LogP contribution in [0.3, 0.4) is 0 Å². The summed E-state index contributed by atoms with van der Waals surface area (Å²) in [5.41, 5.74) is 0. The van der Waals surface area contributed by atoms with Gasteiger partial charge in [0.05, 0.1) is 0 Å². The third-order valence-electron chi connectivity index (χ3n) is 7.17. The van der Waals surface area contributed by atoms with Crippen molar-refractivity contribution in [3.63, 3.8) is 0 Å². The van der Waals surface area contributed by atoms with E-state index in [0.717, 1.165) is 47.3 Å². The van der Waals surface area contributed by atoms with Gasteiger partial charge >= 0.3 is 0 Å². The van der Waals surface area contributed by atoms with E-state index in [1.54, 1.807) is 0 Å². The maximum absolute atomic E-state index is 2.57. The Bertz CT molecular complexity index is 284. The minimum absolute atomic E-state index is 0.936. The Balaban J connectivity index is 1.92. The van der Waals surface area contributed by atoms with Crippen LogP contribution in [-0.2, 0) is 0 Å². The maximum atomic E-state index is 2.57. The Labute approximate surface area is 128 Å². The summed E-state index contributed by atoms with van der Waals surface area (Å²) in [7, 11) is 0. The molecule has 0 aromatic heterocycles. The predicted molar refractivity (Wildman–Crippen MR) is 89.7 cm³/mol. The van der Waals surface area contributed by atoms with E-state index in [-0.39, 0.29) is 0 Å². The maximum Gasteiger partial charge on any atom is -0.0381 e. The Morgan fingerprint density at radius 2 is 1.15 bits per heavy atom. The van der Waals surface area contributed by atoms with Crippen LogP contribution in [0, 0.1) is 47.3 Å². The molecular weight excluding hydrogens is 240 g/mol. The van der Waals surface area contributed by atoms with Crippen molar-refractivity contribution >= 4 is 0 Å². The van der Waals surface area contributed by atoms with E-state index in [9.17, 15) is 0 Å². The lowest BCUT2D eigenvalue weighted by Gasteiger charge is -2.42. The second-order valence-electron chi connectivity index (χ2n) is 8.92. The summed E-state index contributed by atoms with van der Waals surface area (Å²) in [4.78, 5) is 0. The Morgan fingerprint density at radius 3 is 1.70 bits per heavy atom. The summed E-state index contributed by atoms with van der Waals surface area (Å²) in [6.07, 6.45) is 8.92. The van der Waals surface area contributed by atoms with Crippen molar-refractivity contribution < 1.29 is 0 Å². The highest BCUT2D eigenvalue weighted by Gasteiger charge is 2.35. The van der Waals surface area contributed by atoms with Gasteiger partial charge in [0.1, 0.15) is 0 Å². The predicted octanol–water partition coefficient (Wildman–Crippen LogP) is 6.40. The van der Waals surface area contributed by atoms with Gasteiger partial charge in [0.15, 0.2) is 0 Å². The first kappa shape index (κ1) is 16.4.